The largest absolute Gasteiger partial charge is 0.484 e. The number of aliphatic hydroxyl groups is 1. The normalized spacial score (nSPS) is 13.7. The molecule has 0 bridgehead atoms. The Morgan fingerprint density at radius 2 is 1.90 bits per heavy atom. The Balaban J connectivity index is 2.23. The van der Waals surface area contributed by atoms with Crippen LogP contribution in [0.25, 0.3) is 0 Å². The molecule has 3 nitrogen and oxygen atoms in total. The summed E-state index contributed by atoms with van der Waals surface area (Å²) in [5.41, 5.74) is 7.64. The maximum absolute atomic E-state index is 13.4. The van der Waals surface area contributed by atoms with Crippen molar-refractivity contribution in [2.75, 3.05) is 0 Å². The average molecular weight is 289 g/mol. The Morgan fingerprint density at radius 3 is 2.48 bits per heavy atom. The molecule has 3 N–H and O–H groups in total. The summed E-state index contributed by atoms with van der Waals surface area (Å²) >= 11 is 0. The summed E-state index contributed by atoms with van der Waals surface area (Å²) in [6.45, 7) is 1.96. The van der Waals surface area contributed by atoms with Crippen molar-refractivity contribution in [3.05, 3.63) is 65.5 Å². The summed E-state index contributed by atoms with van der Waals surface area (Å²) in [6, 6.07) is 13.2. The summed E-state index contributed by atoms with van der Waals surface area (Å²) in [5.74, 6) is 0.338. The van der Waals surface area contributed by atoms with Crippen LogP contribution in [0.15, 0.2) is 48.5 Å². The van der Waals surface area contributed by atoms with E-state index in [1.165, 1.54) is 12.1 Å². The summed E-state index contributed by atoms with van der Waals surface area (Å²) in [6.07, 6.45) is 0.307. The molecule has 0 saturated heterocycles. The number of halogens is 1. The molecule has 2 unspecified atom stereocenters. The quantitative estimate of drug-likeness (QED) is 0.858. The molecule has 0 saturated carbocycles. The first-order valence-corrected chi connectivity index (χ1v) is 7.01. The smallest absolute Gasteiger partial charge is 0.139 e. The number of hydrogen-bond donors (Lipinski definition) is 2. The lowest BCUT2D eigenvalue weighted by atomic mass is 10.0. The first-order valence-electron chi connectivity index (χ1n) is 7.01. The zero-order valence-corrected chi connectivity index (χ0v) is 12.0. The van der Waals surface area contributed by atoms with Crippen molar-refractivity contribution >= 4 is 0 Å². The molecule has 0 spiro atoms. The lowest BCUT2D eigenvalue weighted by Gasteiger charge is -2.25. The lowest BCUT2D eigenvalue weighted by molar-refractivity contribution is 0.170. The van der Waals surface area contributed by atoms with Gasteiger partial charge in [-0.2, -0.15) is 0 Å². The van der Waals surface area contributed by atoms with Crippen LogP contribution in [0.2, 0.25) is 0 Å². The van der Waals surface area contributed by atoms with Gasteiger partial charge in [0.2, 0.25) is 0 Å². The molecule has 2 aromatic carbocycles. The van der Waals surface area contributed by atoms with Crippen molar-refractivity contribution in [2.45, 2.75) is 32.1 Å². The van der Waals surface area contributed by atoms with Gasteiger partial charge in [0, 0.05) is 6.04 Å². The predicted octanol–water partition coefficient (Wildman–Crippen LogP) is 3.18. The molecule has 0 aliphatic rings. The first-order chi connectivity index (χ1) is 10.1. The molecule has 2 atom stereocenters. The zero-order valence-electron chi connectivity index (χ0n) is 12.0. The van der Waals surface area contributed by atoms with Gasteiger partial charge in [0.1, 0.15) is 17.7 Å². The monoisotopic (exact) mass is 289 g/mol. The van der Waals surface area contributed by atoms with Crippen LogP contribution in [0.5, 0.6) is 5.75 Å². The first kappa shape index (κ1) is 15.5. The number of nitrogens with two attached hydrogens (primary N) is 1. The molecule has 2 aromatic rings. The van der Waals surface area contributed by atoms with Crippen molar-refractivity contribution in [1.29, 1.82) is 0 Å². The van der Waals surface area contributed by atoms with Gasteiger partial charge in [-0.05, 0) is 41.8 Å². The molecule has 112 valence electrons. The van der Waals surface area contributed by atoms with E-state index in [4.69, 9.17) is 15.6 Å². The van der Waals surface area contributed by atoms with Crippen LogP contribution < -0.4 is 10.5 Å². The number of hydrogen-bond acceptors (Lipinski definition) is 3. The fourth-order valence-electron chi connectivity index (χ4n) is 2.12. The van der Waals surface area contributed by atoms with E-state index >= 15 is 0 Å². The Labute approximate surface area is 124 Å². The van der Waals surface area contributed by atoms with E-state index in [1.807, 2.05) is 13.0 Å². The van der Waals surface area contributed by atoms with Crippen molar-refractivity contribution in [3.8, 4) is 5.75 Å². The van der Waals surface area contributed by atoms with E-state index in [9.17, 15) is 4.39 Å². The van der Waals surface area contributed by atoms with Crippen LogP contribution in [0.1, 0.15) is 30.6 Å². The van der Waals surface area contributed by atoms with Gasteiger partial charge in [-0.1, -0.05) is 31.2 Å². The molecule has 0 aromatic heterocycles. The minimum absolute atomic E-state index is 0.0118. The molecule has 0 amide bonds. The molecule has 2 rings (SSSR count). The van der Waals surface area contributed by atoms with E-state index in [0.717, 1.165) is 17.5 Å². The Bertz CT molecular complexity index is 571. The molecule has 0 radical (unpaired) electrons. The zero-order chi connectivity index (χ0) is 15.2. The van der Waals surface area contributed by atoms with Crippen LogP contribution in [-0.4, -0.2) is 11.1 Å². The third-order valence-corrected chi connectivity index (χ3v) is 3.41. The topological polar surface area (TPSA) is 55.5 Å². The second-order valence-electron chi connectivity index (χ2n) is 4.97. The van der Waals surface area contributed by atoms with Crippen molar-refractivity contribution < 1.29 is 14.2 Å². The molecule has 0 aliphatic heterocycles. The van der Waals surface area contributed by atoms with E-state index in [2.05, 4.69) is 0 Å². The van der Waals surface area contributed by atoms with Gasteiger partial charge in [-0.15, -0.1) is 0 Å². The van der Waals surface area contributed by atoms with Gasteiger partial charge in [0.15, 0.2) is 0 Å². The average Bonchev–Trinajstić information content (AvgIpc) is 2.52. The number of benzene rings is 2. The van der Waals surface area contributed by atoms with Crippen molar-refractivity contribution in [1.82, 2.24) is 0 Å². The minimum atomic E-state index is -0.411. The van der Waals surface area contributed by atoms with E-state index < -0.39 is 6.10 Å². The van der Waals surface area contributed by atoms with E-state index in [0.29, 0.717) is 5.75 Å². The minimum Gasteiger partial charge on any atom is -0.484 e. The standard InChI is InChI=1S/C17H20FNO2/c1-2-16(19)17(13-4-3-5-14(18)10-13)21-15-8-6-12(11-20)7-9-15/h3-10,16-17,20H,2,11,19H2,1H3. The maximum atomic E-state index is 13.4. The van der Waals surface area contributed by atoms with Gasteiger partial charge in [0.05, 0.1) is 6.61 Å². The van der Waals surface area contributed by atoms with E-state index in [1.54, 1.807) is 30.3 Å². The maximum Gasteiger partial charge on any atom is 0.139 e. The van der Waals surface area contributed by atoms with Crippen LogP contribution in [0, 0.1) is 5.82 Å². The highest BCUT2D eigenvalue weighted by atomic mass is 19.1. The Hall–Kier alpha value is -1.91. The highest BCUT2D eigenvalue weighted by molar-refractivity contribution is 5.29. The number of ether oxygens (including phenoxy) is 1. The Morgan fingerprint density at radius 1 is 1.19 bits per heavy atom. The summed E-state index contributed by atoms with van der Waals surface area (Å²) < 4.78 is 19.3. The molecular weight excluding hydrogens is 269 g/mol. The second-order valence-corrected chi connectivity index (χ2v) is 4.97. The summed E-state index contributed by atoms with van der Waals surface area (Å²) in [4.78, 5) is 0. The highest BCUT2D eigenvalue weighted by Crippen LogP contribution is 2.26. The van der Waals surface area contributed by atoms with Gasteiger partial charge in [-0.3, -0.25) is 0 Å². The summed E-state index contributed by atoms with van der Waals surface area (Å²) in [5, 5.41) is 9.04. The van der Waals surface area contributed by atoms with Gasteiger partial charge >= 0.3 is 0 Å². The fraction of sp³-hybridized carbons (Fsp3) is 0.294. The van der Waals surface area contributed by atoms with Gasteiger partial charge in [0.25, 0.3) is 0 Å². The Kier molecular flexibility index (Phi) is 5.31. The molecule has 21 heavy (non-hydrogen) atoms. The van der Waals surface area contributed by atoms with Gasteiger partial charge < -0.3 is 15.6 Å². The van der Waals surface area contributed by atoms with Crippen molar-refractivity contribution in [2.24, 2.45) is 5.73 Å². The van der Waals surface area contributed by atoms with Crippen molar-refractivity contribution in [3.63, 3.8) is 0 Å². The highest BCUT2D eigenvalue weighted by Gasteiger charge is 2.21. The third-order valence-electron chi connectivity index (χ3n) is 3.41. The van der Waals surface area contributed by atoms with Crippen LogP contribution in [0.4, 0.5) is 4.39 Å². The third kappa shape index (κ3) is 4.03. The fourth-order valence-corrected chi connectivity index (χ4v) is 2.12. The number of aliphatic hydroxyl groups excluding tert-OH is 1. The van der Waals surface area contributed by atoms with Crippen LogP contribution in [-0.2, 0) is 6.61 Å². The summed E-state index contributed by atoms with van der Waals surface area (Å²) in [7, 11) is 0. The van der Waals surface area contributed by atoms with Crippen LogP contribution in [0.3, 0.4) is 0 Å². The molecule has 4 heteroatoms. The van der Waals surface area contributed by atoms with Gasteiger partial charge in [-0.25, -0.2) is 4.39 Å². The lowest BCUT2D eigenvalue weighted by Crippen LogP contribution is -2.31. The molecular formula is C17H20FNO2. The second kappa shape index (κ2) is 7.20. The number of rotatable bonds is 6. The predicted molar refractivity (Wildman–Crippen MR) is 80.4 cm³/mol. The molecule has 0 fully saturated rings. The molecule has 0 aliphatic carbocycles. The van der Waals surface area contributed by atoms with E-state index in [-0.39, 0.29) is 18.5 Å². The SMILES string of the molecule is CCC(N)C(Oc1ccc(CO)cc1)c1cccc(F)c1. The molecule has 0 heterocycles. The van der Waals surface area contributed by atoms with Crippen LogP contribution >= 0.6 is 0 Å².